The molecule has 1 N–H and O–H groups in total. The number of pyridine rings is 1. The van der Waals surface area contributed by atoms with Gasteiger partial charge in [0.05, 0.1) is 11.1 Å². The van der Waals surface area contributed by atoms with Gasteiger partial charge in [0.25, 0.3) is 0 Å². The average molecular weight is 401 g/mol. The quantitative estimate of drug-likeness (QED) is 0.758. The van der Waals surface area contributed by atoms with Crippen molar-refractivity contribution in [1.29, 1.82) is 5.26 Å². The number of halogens is 4. The maximum atomic E-state index is 12.6. The molecule has 1 atom stereocenters. The molecule has 0 aliphatic heterocycles. The van der Waals surface area contributed by atoms with Gasteiger partial charge in [0.1, 0.15) is 22.6 Å². The highest BCUT2D eigenvalue weighted by Crippen LogP contribution is 2.35. The fourth-order valence-corrected chi connectivity index (χ4v) is 2.19. The van der Waals surface area contributed by atoms with E-state index in [-0.39, 0.29) is 34.4 Å². The maximum absolute atomic E-state index is 12.6. The number of ether oxygens (including phenoxy) is 2. The normalized spacial score (nSPS) is 12.1. The zero-order valence-electron chi connectivity index (χ0n) is 13.7. The van der Waals surface area contributed by atoms with Gasteiger partial charge in [-0.05, 0) is 24.6 Å². The number of aliphatic carboxylic acids is 1. The van der Waals surface area contributed by atoms with Crippen molar-refractivity contribution in [2.75, 3.05) is 0 Å². The summed E-state index contributed by atoms with van der Waals surface area (Å²) in [5.74, 6) is -1.49. The third-order valence-electron chi connectivity index (χ3n) is 3.34. The summed E-state index contributed by atoms with van der Waals surface area (Å²) < 4.78 is 48.6. The molecule has 0 spiro atoms. The van der Waals surface area contributed by atoms with E-state index < -0.39 is 23.8 Å². The molecule has 27 heavy (non-hydrogen) atoms. The van der Waals surface area contributed by atoms with Crippen LogP contribution >= 0.6 is 11.6 Å². The van der Waals surface area contributed by atoms with E-state index >= 15 is 0 Å². The minimum Gasteiger partial charge on any atom is -0.479 e. The Morgan fingerprint density at radius 3 is 2.63 bits per heavy atom. The first-order valence-electron chi connectivity index (χ1n) is 7.50. The number of rotatable bonds is 6. The lowest BCUT2D eigenvalue weighted by molar-refractivity contribution is -0.145. The Balaban J connectivity index is 2.31. The van der Waals surface area contributed by atoms with Crippen molar-refractivity contribution in [3.63, 3.8) is 0 Å². The van der Waals surface area contributed by atoms with Gasteiger partial charge in [-0.25, -0.2) is 9.78 Å². The monoisotopic (exact) mass is 400 g/mol. The van der Waals surface area contributed by atoms with Crippen LogP contribution in [0, 0.1) is 11.3 Å². The van der Waals surface area contributed by atoms with E-state index in [0.717, 1.165) is 0 Å². The van der Waals surface area contributed by atoms with Crippen molar-refractivity contribution >= 4 is 17.6 Å². The third-order valence-corrected chi connectivity index (χ3v) is 3.61. The second kappa shape index (κ2) is 8.14. The highest BCUT2D eigenvalue weighted by atomic mass is 35.5. The van der Waals surface area contributed by atoms with Crippen LogP contribution in [0.25, 0.3) is 0 Å². The lowest BCUT2D eigenvalue weighted by Gasteiger charge is -2.15. The molecular weight excluding hydrogens is 389 g/mol. The Morgan fingerprint density at radius 1 is 1.41 bits per heavy atom. The SMILES string of the molecule is CCC(Oc1cc(Oc2ncc(C(F)(F)F)cc2Cl)ccc1C#N)C(=O)O. The minimum absolute atomic E-state index is 0.0488. The Morgan fingerprint density at radius 2 is 2.11 bits per heavy atom. The second-order valence-corrected chi connectivity index (χ2v) is 5.64. The summed E-state index contributed by atoms with van der Waals surface area (Å²) in [7, 11) is 0. The Kier molecular flexibility index (Phi) is 6.13. The number of aromatic nitrogens is 1. The largest absolute Gasteiger partial charge is 0.479 e. The van der Waals surface area contributed by atoms with Gasteiger partial charge < -0.3 is 14.6 Å². The molecule has 1 unspecified atom stereocenters. The van der Waals surface area contributed by atoms with E-state index in [9.17, 15) is 18.0 Å². The molecule has 142 valence electrons. The standard InChI is InChI=1S/C17H12ClF3N2O4/c1-2-13(16(24)25)27-14-6-11(4-3-9(14)7-22)26-15-12(18)5-10(8-23-15)17(19,20)21/h3-6,8,13H,2H2,1H3,(H,24,25). The van der Waals surface area contributed by atoms with Gasteiger partial charge in [0, 0.05) is 12.3 Å². The van der Waals surface area contributed by atoms with Crippen LogP contribution in [0.2, 0.25) is 5.02 Å². The molecular formula is C17H12ClF3N2O4. The number of hydrogen-bond donors (Lipinski definition) is 1. The topological polar surface area (TPSA) is 92.4 Å². The first-order valence-corrected chi connectivity index (χ1v) is 7.87. The molecule has 10 heteroatoms. The van der Waals surface area contributed by atoms with Gasteiger partial charge in [-0.3, -0.25) is 0 Å². The summed E-state index contributed by atoms with van der Waals surface area (Å²) in [6.45, 7) is 1.59. The molecule has 2 rings (SSSR count). The van der Waals surface area contributed by atoms with Crippen LogP contribution in [-0.2, 0) is 11.0 Å². The van der Waals surface area contributed by atoms with E-state index in [0.29, 0.717) is 12.3 Å². The van der Waals surface area contributed by atoms with Crippen molar-refractivity contribution in [3.05, 3.63) is 46.6 Å². The lowest BCUT2D eigenvalue weighted by Crippen LogP contribution is -2.26. The van der Waals surface area contributed by atoms with Crippen LogP contribution < -0.4 is 9.47 Å². The second-order valence-electron chi connectivity index (χ2n) is 5.23. The number of benzene rings is 1. The third kappa shape index (κ3) is 5.01. The van der Waals surface area contributed by atoms with Crippen LogP contribution in [0.1, 0.15) is 24.5 Å². The molecule has 0 amide bonds. The molecule has 1 aromatic carbocycles. The summed E-state index contributed by atoms with van der Waals surface area (Å²) in [6, 6.07) is 6.42. The zero-order valence-corrected chi connectivity index (χ0v) is 14.5. The van der Waals surface area contributed by atoms with Crippen molar-refractivity contribution in [1.82, 2.24) is 4.98 Å². The van der Waals surface area contributed by atoms with E-state index in [4.69, 9.17) is 31.4 Å². The van der Waals surface area contributed by atoms with Crippen LogP contribution in [0.4, 0.5) is 13.2 Å². The highest BCUT2D eigenvalue weighted by Gasteiger charge is 2.32. The maximum Gasteiger partial charge on any atom is 0.417 e. The van der Waals surface area contributed by atoms with Gasteiger partial charge in [-0.15, -0.1) is 0 Å². The number of carboxylic acid groups (broad SMARTS) is 1. The van der Waals surface area contributed by atoms with E-state index in [2.05, 4.69) is 4.98 Å². The number of carbonyl (C=O) groups is 1. The summed E-state index contributed by atoms with van der Waals surface area (Å²) >= 11 is 5.78. The summed E-state index contributed by atoms with van der Waals surface area (Å²) in [4.78, 5) is 14.7. The molecule has 1 heterocycles. The molecule has 0 saturated heterocycles. The lowest BCUT2D eigenvalue weighted by atomic mass is 10.2. The van der Waals surface area contributed by atoms with Crippen molar-refractivity contribution in [3.8, 4) is 23.4 Å². The van der Waals surface area contributed by atoms with Gasteiger partial charge >= 0.3 is 12.1 Å². The molecule has 6 nitrogen and oxygen atoms in total. The molecule has 0 radical (unpaired) electrons. The van der Waals surface area contributed by atoms with Crippen molar-refractivity contribution in [2.45, 2.75) is 25.6 Å². The van der Waals surface area contributed by atoms with Gasteiger partial charge in [0.2, 0.25) is 5.88 Å². The molecule has 1 aromatic heterocycles. The Labute approximate surface area is 156 Å². The predicted octanol–water partition coefficient (Wildman–Crippen LogP) is 4.66. The summed E-state index contributed by atoms with van der Waals surface area (Å²) in [5, 5.41) is 17.8. The first kappa shape index (κ1) is 20.3. The van der Waals surface area contributed by atoms with Crippen LogP contribution in [-0.4, -0.2) is 22.2 Å². The summed E-state index contributed by atoms with van der Waals surface area (Å²) in [6.07, 6.45) is -5.06. The van der Waals surface area contributed by atoms with Crippen LogP contribution in [0.3, 0.4) is 0 Å². The van der Waals surface area contributed by atoms with E-state index in [1.165, 1.54) is 18.2 Å². The molecule has 2 aromatic rings. The van der Waals surface area contributed by atoms with Crippen molar-refractivity contribution in [2.24, 2.45) is 0 Å². The smallest absolute Gasteiger partial charge is 0.417 e. The molecule has 0 saturated carbocycles. The molecule has 0 fully saturated rings. The Bertz CT molecular complexity index is 897. The van der Waals surface area contributed by atoms with Crippen LogP contribution in [0.15, 0.2) is 30.5 Å². The molecule has 0 aliphatic rings. The number of nitrogens with zero attached hydrogens (tertiary/aromatic N) is 2. The van der Waals surface area contributed by atoms with Gasteiger partial charge in [-0.1, -0.05) is 18.5 Å². The number of hydrogen-bond acceptors (Lipinski definition) is 5. The van der Waals surface area contributed by atoms with Crippen molar-refractivity contribution < 1.29 is 32.5 Å². The highest BCUT2D eigenvalue weighted by molar-refractivity contribution is 6.31. The Hall–Kier alpha value is -2.99. The minimum atomic E-state index is -4.60. The number of nitriles is 1. The average Bonchev–Trinajstić information content (AvgIpc) is 2.60. The van der Waals surface area contributed by atoms with Gasteiger partial charge in [-0.2, -0.15) is 18.4 Å². The molecule has 0 aliphatic carbocycles. The fourth-order valence-electron chi connectivity index (χ4n) is 1.98. The first-order chi connectivity index (χ1) is 12.7. The number of alkyl halides is 3. The summed E-state index contributed by atoms with van der Waals surface area (Å²) in [5.41, 5.74) is -0.968. The molecule has 0 bridgehead atoms. The zero-order chi connectivity index (χ0) is 20.2. The number of carboxylic acids is 1. The van der Waals surface area contributed by atoms with E-state index in [1.807, 2.05) is 6.07 Å². The van der Waals surface area contributed by atoms with Crippen LogP contribution in [0.5, 0.6) is 17.4 Å². The predicted molar refractivity (Wildman–Crippen MR) is 87.8 cm³/mol. The fraction of sp³-hybridized carbons (Fsp3) is 0.235. The van der Waals surface area contributed by atoms with E-state index in [1.54, 1.807) is 6.92 Å². The van der Waals surface area contributed by atoms with Gasteiger partial charge in [0.15, 0.2) is 6.10 Å².